The van der Waals surface area contributed by atoms with Gasteiger partial charge >= 0.3 is 5.97 Å². The van der Waals surface area contributed by atoms with Crippen molar-refractivity contribution >= 4 is 23.7 Å². The number of thioether (sulfide) groups is 1. The van der Waals surface area contributed by atoms with Crippen molar-refractivity contribution in [2.45, 2.75) is 51.4 Å². The van der Waals surface area contributed by atoms with Gasteiger partial charge in [0.1, 0.15) is 18.4 Å². The number of nitrogens with zero attached hydrogens (tertiary/aromatic N) is 3. The summed E-state index contributed by atoms with van der Waals surface area (Å²) in [5.41, 5.74) is 3.26. The molecule has 7 nitrogen and oxygen atoms in total. The van der Waals surface area contributed by atoms with Crippen molar-refractivity contribution in [1.82, 2.24) is 14.8 Å². The topological polar surface area (TPSA) is 78.3 Å². The van der Waals surface area contributed by atoms with Gasteiger partial charge in [-0.15, -0.1) is 5.10 Å². The highest BCUT2D eigenvalue weighted by Crippen LogP contribution is 2.37. The second kappa shape index (κ2) is 11.2. The minimum atomic E-state index is -0.438. The summed E-state index contributed by atoms with van der Waals surface area (Å²) in [5.74, 6) is 1.98. The normalized spacial score (nSPS) is 15.0. The van der Waals surface area contributed by atoms with E-state index in [-0.39, 0.29) is 5.97 Å². The van der Waals surface area contributed by atoms with Gasteiger partial charge in [0.15, 0.2) is 0 Å². The monoisotopic (exact) mass is 478 g/mol. The average molecular weight is 479 g/mol. The first-order chi connectivity index (χ1) is 16.6. The van der Waals surface area contributed by atoms with Crippen molar-refractivity contribution in [1.29, 1.82) is 0 Å². The maximum absolute atomic E-state index is 12.9. The summed E-state index contributed by atoms with van der Waals surface area (Å²) >= 11 is 1.63. The van der Waals surface area contributed by atoms with Crippen LogP contribution in [-0.4, -0.2) is 33.1 Å². The molecule has 3 aromatic rings. The van der Waals surface area contributed by atoms with Gasteiger partial charge < -0.3 is 14.8 Å². The summed E-state index contributed by atoms with van der Waals surface area (Å²) in [7, 11) is 0. The Hall–Kier alpha value is -3.26. The third kappa shape index (κ3) is 5.44. The van der Waals surface area contributed by atoms with Crippen LogP contribution in [0.2, 0.25) is 0 Å². The van der Waals surface area contributed by atoms with E-state index in [1.165, 1.54) is 0 Å². The van der Waals surface area contributed by atoms with Crippen LogP contribution in [0, 0.1) is 0 Å². The van der Waals surface area contributed by atoms with E-state index in [9.17, 15) is 4.79 Å². The van der Waals surface area contributed by atoms with Gasteiger partial charge in [-0.1, -0.05) is 67.6 Å². The lowest BCUT2D eigenvalue weighted by Crippen LogP contribution is -2.29. The molecule has 34 heavy (non-hydrogen) atoms. The number of unbranched alkanes of at least 4 members (excludes halogenated alkanes) is 1. The van der Waals surface area contributed by atoms with Gasteiger partial charge in [0.2, 0.25) is 11.1 Å². The van der Waals surface area contributed by atoms with Crippen LogP contribution in [0.4, 0.5) is 5.95 Å². The maximum atomic E-state index is 12.9. The molecule has 2 aromatic carbocycles. The fraction of sp³-hybridized carbons (Fsp3) is 0.346. The number of benzene rings is 2. The number of hydrogen-bond acceptors (Lipinski definition) is 7. The molecule has 1 aromatic heterocycles. The quantitative estimate of drug-likeness (QED) is 0.231. The molecule has 0 spiro atoms. The molecule has 0 radical (unpaired) electrons. The van der Waals surface area contributed by atoms with Gasteiger partial charge in [-0.2, -0.15) is 4.98 Å². The molecule has 0 saturated heterocycles. The summed E-state index contributed by atoms with van der Waals surface area (Å²) in [6.45, 7) is 6.64. The van der Waals surface area contributed by atoms with Gasteiger partial charge in [0, 0.05) is 11.4 Å². The third-order valence-corrected chi connectivity index (χ3v) is 6.43. The largest absolute Gasteiger partial charge is 0.489 e. The summed E-state index contributed by atoms with van der Waals surface area (Å²) in [6, 6.07) is 17.4. The number of ether oxygens (including phenoxy) is 2. The molecule has 0 fully saturated rings. The number of hydrogen-bond donors (Lipinski definition) is 1. The zero-order valence-corrected chi connectivity index (χ0v) is 20.6. The molecule has 0 amide bonds. The molecule has 4 rings (SSSR count). The number of aromatic nitrogens is 3. The molecule has 1 atom stereocenters. The number of allylic oxidation sites excluding steroid dienone is 1. The molecule has 1 unspecified atom stereocenters. The lowest BCUT2D eigenvalue weighted by Gasteiger charge is -2.28. The van der Waals surface area contributed by atoms with Crippen LogP contribution >= 0.6 is 11.8 Å². The van der Waals surface area contributed by atoms with Gasteiger partial charge in [0.05, 0.1) is 12.2 Å². The standard InChI is InChI=1S/C26H30N4O3S/c1-4-6-16-34-26-28-25-27-18(3)22(24(31)32-5-2)23(30(25)29-26)20-12-14-21(15-13-20)33-17-19-10-8-7-9-11-19/h7-15,23H,4-6,16-17H2,1-3H3,(H,27,28,29). The fourth-order valence-corrected chi connectivity index (χ4v) is 4.68. The Balaban J connectivity index is 1.61. The second-order valence-corrected chi connectivity index (χ2v) is 9.06. The van der Waals surface area contributed by atoms with Crippen molar-refractivity contribution in [2.24, 2.45) is 0 Å². The Morgan fingerprint density at radius 3 is 2.59 bits per heavy atom. The maximum Gasteiger partial charge on any atom is 0.338 e. The molecule has 0 saturated carbocycles. The van der Waals surface area contributed by atoms with E-state index in [1.54, 1.807) is 23.4 Å². The van der Waals surface area contributed by atoms with Gasteiger partial charge in [0.25, 0.3) is 0 Å². The lowest BCUT2D eigenvalue weighted by molar-refractivity contribution is -0.139. The lowest BCUT2D eigenvalue weighted by atomic mass is 9.96. The Morgan fingerprint density at radius 1 is 1.12 bits per heavy atom. The van der Waals surface area contributed by atoms with E-state index in [0.29, 0.717) is 29.9 Å². The van der Waals surface area contributed by atoms with Gasteiger partial charge in [-0.25, -0.2) is 9.48 Å². The molecule has 1 aliphatic heterocycles. The average Bonchev–Trinajstić information content (AvgIpc) is 3.25. The van der Waals surface area contributed by atoms with Crippen LogP contribution in [0.25, 0.3) is 0 Å². The van der Waals surface area contributed by atoms with Crippen LogP contribution in [-0.2, 0) is 16.1 Å². The number of carbonyl (C=O) groups excluding carboxylic acids is 1. The molecule has 8 heteroatoms. The Bertz CT molecular complexity index is 1140. The molecule has 2 heterocycles. The zero-order chi connectivity index (χ0) is 23.9. The van der Waals surface area contributed by atoms with Gasteiger partial charge in [-0.3, -0.25) is 0 Å². The highest BCUT2D eigenvalue weighted by atomic mass is 32.2. The smallest absolute Gasteiger partial charge is 0.338 e. The van der Waals surface area contributed by atoms with E-state index in [2.05, 4.69) is 17.2 Å². The van der Waals surface area contributed by atoms with E-state index < -0.39 is 6.04 Å². The molecule has 0 bridgehead atoms. The van der Waals surface area contributed by atoms with Crippen LogP contribution in [0.3, 0.4) is 0 Å². The van der Waals surface area contributed by atoms with Crippen molar-refractivity contribution in [3.05, 3.63) is 77.0 Å². The fourth-order valence-electron chi connectivity index (χ4n) is 3.77. The zero-order valence-electron chi connectivity index (χ0n) is 19.8. The molecule has 1 aliphatic rings. The van der Waals surface area contributed by atoms with Crippen LogP contribution in [0.1, 0.15) is 50.8 Å². The van der Waals surface area contributed by atoms with Crippen molar-refractivity contribution in [3.8, 4) is 5.75 Å². The molecule has 1 N–H and O–H groups in total. The molecular weight excluding hydrogens is 448 g/mol. The number of esters is 1. The number of carbonyl (C=O) groups is 1. The first kappa shape index (κ1) is 23.9. The first-order valence-electron chi connectivity index (χ1n) is 11.6. The van der Waals surface area contributed by atoms with Crippen molar-refractivity contribution in [2.75, 3.05) is 17.7 Å². The number of fused-ring (bicyclic) bond motifs is 1. The second-order valence-electron chi connectivity index (χ2n) is 7.99. The van der Waals surface area contributed by atoms with E-state index in [0.717, 1.165) is 41.2 Å². The molecule has 178 valence electrons. The SMILES string of the molecule is CCCCSc1nc2n(n1)C(c1ccc(OCc3ccccc3)cc1)C(C(=O)OCC)=C(C)N2. The minimum Gasteiger partial charge on any atom is -0.489 e. The van der Waals surface area contributed by atoms with E-state index in [4.69, 9.17) is 14.6 Å². The Kier molecular flexibility index (Phi) is 7.90. The van der Waals surface area contributed by atoms with Crippen molar-refractivity contribution < 1.29 is 14.3 Å². The number of anilines is 1. The predicted octanol–water partition coefficient (Wildman–Crippen LogP) is 5.60. The Morgan fingerprint density at radius 2 is 1.88 bits per heavy atom. The summed E-state index contributed by atoms with van der Waals surface area (Å²) in [4.78, 5) is 17.6. The predicted molar refractivity (Wildman–Crippen MR) is 134 cm³/mol. The number of rotatable bonds is 10. The van der Waals surface area contributed by atoms with E-state index >= 15 is 0 Å². The van der Waals surface area contributed by atoms with Crippen molar-refractivity contribution in [3.63, 3.8) is 0 Å². The highest BCUT2D eigenvalue weighted by Gasteiger charge is 2.35. The third-order valence-electron chi connectivity index (χ3n) is 5.50. The van der Waals surface area contributed by atoms with E-state index in [1.807, 2.05) is 61.5 Å². The molecule has 0 aliphatic carbocycles. The van der Waals surface area contributed by atoms with Gasteiger partial charge in [-0.05, 0) is 43.5 Å². The van der Waals surface area contributed by atoms with Crippen LogP contribution in [0.5, 0.6) is 5.75 Å². The number of nitrogens with one attached hydrogen (secondary N) is 1. The first-order valence-corrected chi connectivity index (χ1v) is 12.6. The Labute approximate surface area is 204 Å². The summed E-state index contributed by atoms with van der Waals surface area (Å²) in [5, 5.41) is 8.67. The minimum absolute atomic E-state index is 0.303. The van der Waals surface area contributed by atoms with Crippen LogP contribution in [0.15, 0.2) is 71.0 Å². The summed E-state index contributed by atoms with van der Waals surface area (Å²) < 4.78 is 13.1. The molecular formula is C26H30N4O3S. The highest BCUT2D eigenvalue weighted by molar-refractivity contribution is 7.99. The van der Waals surface area contributed by atoms with Crippen LogP contribution < -0.4 is 10.1 Å². The summed E-state index contributed by atoms with van der Waals surface area (Å²) in [6.07, 6.45) is 2.22.